The van der Waals surface area contributed by atoms with Gasteiger partial charge in [-0.2, -0.15) is 0 Å². The maximum absolute atomic E-state index is 12.7. The Morgan fingerprint density at radius 2 is 2.50 bits per heavy atom. The lowest BCUT2D eigenvalue weighted by Gasteiger charge is -2.07. The van der Waals surface area contributed by atoms with Crippen LogP contribution in [0.1, 0.15) is 6.42 Å². The van der Waals surface area contributed by atoms with E-state index < -0.39 is 12.0 Å². The molecule has 0 saturated heterocycles. The highest BCUT2D eigenvalue weighted by Crippen LogP contribution is 2.19. The first-order valence-corrected chi connectivity index (χ1v) is 3.51. The molecule has 1 aliphatic rings. The highest BCUT2D eigenvalue weighted by molar-refractivity contribution is 5.82. The summed E-state index contributed by atoms with van der Waals surface area (Å²) in [5, 5.41) is 3.39. The third kappa shape index (κ3) is 2.45. The predicted octanol–water partition coefficient (Wildman–Crippen LogP) is 2.14. The van der Waals surface area contributed by atoms with Crippen molar-refractivity contribution in [3.63, 3.8) is 0 Å². The molecule has 0 fully saturated rings. The van der Waals surface area contributed by atoms with Crippen LogP contribution in [0.15, 0.2) is 28.7 Å². The molecule has 4 heteroatoms. The third-order valence-electron chi connectivity index (χ3n) is 1.39. The van der Waals surface area contributed by atoms with Crippen LogP contribution < -0.4 is 0 Å². The van der Waals surface area contributed by atoms with Crippen LogP contribution in [-0.2, 0) is 4.84 Å². The number of nitrogens with zero attached hydrogens (tertiary/aromatic N) is 1. The van der Waals surface area contributed by atoms with Gasteiger partial charge in [-0.25, -0.2) is 8.78 Å². The molecule has 1 aliphatic carbocycles. The molecule has 2 nitrogen and oxygen atoms in total. The number of allylic oxidation sites excluding steroid dienone is 4. The molecule has 1 atom stereocenters. The molecule has 0 aromatic carbocycles. The smallest absolute Gasteiger partial charge is 0.125 e. The summed E-state index contributed by atoms with van der Waals surface area (Å²) in [4.78, 5) is 4.37. The van der Waals surface area contributed by atoms with Crippen LogP contribution >= 0.6 is 0 Å². The average molecular weight is 173 g/mol. The number of oxime groups is 1. The summed E-state index contributed by atoms with van der Waals surface area (Å²) in [6, 6.07) is 0. The number of hydrogen-bond acceptors (Lipinski definition) is 2. The van der Waals surface area contributed by atoms with Crippen LogP contribution in [0, 0.1) is 0 Å². The number of hydrogen-bond donors (Lipinski definition) is 0. The molecule has 12 heavy (non-hydrogen) atoms. The fraction of sp³-hybridized carbons (Fsp3) is 0.375. The lowest BCUT2D eigenvalue weighted by atomic mass is 10.1. The first kappa shape index (κ1) is 8.90. The van der Waals surface area contributed by atoms with Gasteiger partial charge in [-0.1, -0.05) is 5.16 Å². The van der Waals surface area contributed by atoms with Crippen LogP contribution in [0.2, 0.25) is 0 Å². The fourth-order valence-electron chi connectivity index (χ4n) is 0.936. The van der Waals surface area contributed by atoms with Gasteiger partial charge in [-0.05, 0) is 17.7 Å². The minimum Gasteiger partial charge on any atom is -0.399 e. The Balaban J connectivity index is 2.69. The van der Waals surface area contributed by atoms with Gasteiger partial charge in [-0.15, -0.1) is 0 Å². The van der Waals surface area contributed by atoms with Crippen LogP contribution in [0.3, 0.4) is 0 Å². The molecule has 0 N–H and O–H groups in total. The molecule has 1 unspecified atom stereocenters. The molecular formula is C8H9F2NO. The van der Waals surface area contributed by atoms with E-state index in [1.807, 2.05) is 0 Å². The standard InChI is InChI=1S/C8H9F2NO/c1-12-11-5-6-2-7(9)4-8(10)3-6/h2-3,5,7H,4H2,1H3/b11-5+. The van der Waals surface area contributed by atoms with Gasteiger partial charge in [0, 0.05) is 6.42 Å². The Morgan fingerprint density at radius 1 is 1.75 bits per heavy atom. The minimum atomic E-state index is -1.26. The van der Waals surface area contributed by atoms with E-state index in [2.05, 4.69) is 9.99 Å². The van der Waals surface area contributed by atoms with E-state index in [0.717, 1.165) is 0 Å². The van der Waals surface area contributed by atoms with Gasteiger partial charge in [0.2, 0.25) is 0 Å². The van der Waals surface area contributed by atoms with Crippen LogP contribution in [-0.4, -0.2) is 19.5 Å². The monoisotopic (exact) mass is 173 g/mol. The SMILES string of the molecule is CO/N=C/C1=CC(F)CC(F)=C1. The van der Waals surface area contributed by atoms with Crippen LogP contribution in [0.4, 0.5) is 8.78 Å². The van der Waals surface area contributed by atoms with Crippen molar-refractivity contribution in [2.45, 2.75) is 12.6 Å². The number of alkyl halides is 1. The number of halogens is 2. The lowest BCUT2D eigenvalue weighted by Crippen LogP contribution is -2.03. The van der Waals surface area contributed by atoms with Gasteiger partial charge in [0.25, 0.3) is 0 Å². The summed E-state index contributed by atoms with van der Waals surface area (Å²) in [5.41, 5.74) is 0.396. The molecule has 1 rings (SSSR count). The van der Waals surface area contributed by atoms with Crippen molar-refractivity contribution in [1.29, 1.82) is 0 Å². The summed E-state index contributed by atoms with van der Waals surface area (Å²) < 4.78 is 25.2. The van der Waals surface area contributed by atoms with E-state index in [9.17, 15) is 8.78 Å². The van der Waals surface area contributed by atoms with Crippen molar-refractivity contribution in [3.05, 3.63) is 23.6 Å². The van der Waals surface area contributed by atoms with Crippen molar-refractivity contribution in [2.75, 3.05) is 7.11 Å². The average Bonchev–Trinajstić information content (AvgIpc) is 1.99. The second-order valence-corrected chi connectivity index (χ2v) is 2.40. The normalized spacial score (nSPS) is 23.8. The fourth-order valence-corrected chi connectivity index (χ4v) is 0.936. The molecule has 0 amide bonds. The molecular weight excluding hydrogens is 164 g/mol. The van der Waals surface area contributed by atoms with Gasteiger partial charge < -0.3 is 4.84 Å². The van der Waals surface area contributed by atoms with Crippen molar-refractivity contribution >= 4 is 6.21 Å². The summed E-state index contributed by atoms with van der Waals surface area (Å²) >= 11 is 0. The van der Waals surface area contributed by atoms with Crippen molar-refractivity contribution < 1.29 is 13.6 Å². The highest BCUT2D eigenvalue weighted by atomic mass is 19.1. The second-order valence-electron chi connectivity index (χ2n) is 2.40. The zero-order valence-corrected chi connectivity index (χ0v) is 6.63. The summed E-state index contributed by atoms with van der Waals surface area (Å²) in [7, 11) is 1.37. The van der Waals surface area contributed by atoms with Gasteiger partial charge in [0.1, 0.15) is 19.1 Å². The van der Waals surface area contributed by atoms with Crippen molar-refractivity contribution in [3.8, 4) is 0 Å². The van der Waals surface area contributed by atoms with Gasteiger partial charge >= 0.3 is 0 Å². The molecule has 0 spiro atoms. The Hall–Kier alpha value is -1.19. The second kappa shape index (κ2) is 3.99. The van der Waals surface area contributed by atoms with Gasteiger partial charge in [0.05, 0.1) is 6.21 Å². The molecule has 0 aliphatic heterocycles. The Morgan fingerprint density at radius 3 is 3.08 bits per heavy atom. The Bertz CT molecular complexity index is 245. The summed E-state index contributed by atoms with van der Waals surface area (Å²) in [6.45, 7) is 0. The Labute approximate surface area is 69.2 Å². The first-order valence-electron chi connectivity index (χ1n) is 3.51. The van der Waals surface area contributed by atoms with E-state index in [-0.39, 0.29) is 6.42 Å². The Kier molecular flexibility index (Phi) is 2.96. The molecule has 0 saturated carbocycles. The maximum Gasteiger partial charge on any atom is 0.125 e. The largest absolute Gasteiger partial charge is 0.399 e. The maximum atomic E-state index is 12.7. The molecule has 0 aromatic heterocycles. The quantitative estimate of drug-likeness (QED) is 0.463. The molecule has 0 aromatic rings. The van der Waals surface area contributed by atoms with Crippen LogP contribution in [0.25, 0.3) is 0 Å². The summed E-state index contributed by atoms with van der Waals surface area (Å²) in [5.74, 6) is -0.470. The molecule has 0 radical (unpaired) electrons. The van der Waals surface area contributed by atoms with E-state index in [1.165, 1.54) is 25.5 Å². The molecule has 0 bridgehead atoms. The summed E-state index contributed by atoms with van der Waals surface area (Å²) in [6.07, 6.45) is 2.37. The minimum absolute atomic E-state index is 0.176. The highest BCUT2D eigenvalue weighted by Gasteiger charge is 2.12. The van der Waals surface area contributed by atoms with E-state index >= 15 is 0 Å². The van der Waals surface area contributed by atoms with Gasteiger partial charge in [0.15, 0.2) is 0 Å². The van der Waals surface area contributed by atoms with Crippen molar-refractivity contribution in [2.24, 2.45) is 5.16 Å². The third-order valence-corrected chi connectivity index (χ3v) is 1.39. The molecule has 66 valence electrons. The zero-order valence-electron chi connectivity index (χ0n) is 6.63. The van der Waals surface area contributed by atoms with Gasteiger partial charge in [-0.3, -0.25) is 0 Å². The number of rotatable bonds is 2. The van der Waals surface area contributed by atoms with Crippen molar-refractivity contribution in [1.82, 2.24) is 0 Å². The molecule has 0 heterocycles. The topological polar surface area (TPSA) is 21.6 Å². The first-order chi connectivity index (χ1) is 5.72. The predicted molar refractivity (Wildman–Crippen MR) is 42.3 cm³/mol. The lowest BCUT2D eigenvalue weighted by molar-refractivity contribution is 0.215. The van der Waals surface area contributed by atoms with E-state index in [1.54, 1.807) is 0 Å². The zero-order chi connectivity index (χ0) is 8.97. The van der Waals surface area contributed by atoms with E-state index in [4.69, 9.17) is 0 Å². The van der Waals surface area contributed by atoms with Crippen LogP contribution in [0.5, 0.6) is 0 Å². The van der Waals surface area contributed by atoms with E-state index in [0.29, 0.717) is 5.57 Å².